The highest BCUT2D eigenvalue weighted by Gasteiger charge is 2.61. The summed E-state index contributed by atoms with van der Waals surface area (Å²) in [5.41, 5.74) is 1.26. The Balaban J connectivity index is 2.26. The van der Waals surface area contributed by atoms with Gasteiger partial charge in [-0.1, -0.05) is 30.3 Å². The molecule has 2 unspecified atom stereocenters. The number of rotatable bonds is 2. The smallest absolute Gasteiger partial charge is 0.101 e. The monoisotopic (exact) mass is 251 g/mol. The molecule has 1 aromatic carbocycles. The molecule has 3 heteroatoms. The average Bonchev–Trinajstić information content (AvgIpc) is 2.80. The Labute approximate surface area is 107 Å². The fourth-order valence-electron chi connectivity index (χ4n) is 2.23. The molecule has 0 amide bonds. The Morgan fingerprint density at radius 2 is 1.71 bits per heavy atom. The first-order valence-corrected chi connectivity index (χ1v) is 7.13. The summed E-state index contributed by atoms with van der Waals surface area (Å²) in [6, 6.07) is 10.6. The summed E-state index contributed by atoms with van der Waals surface area (Å²) in [6.45, 7) is 10.4. The van der Waals surface area contributed by atoms with Gasteiger partial charge in [-0.3, -0.25) is 0 Å². The first-order valence-electron chi connectivity index (χ1n) is 6.02. The topological polar surface area (TPSA) is 20.1 Å². The van der Waals surface area contributed by atoms with Gasteiger partial charge in [0.2, 0.25) is 0 Å². The van der Waals surface area contributed by atoms with E-state index in [0.717, 1.165) is 0 Å². The Morgan fingerprint density at radius 1 is 1.18 bits per heavy atom. The van der Waals surface area contributed by atoms with E-state index < -0.39 is 11.0 Å². The molecule has 0 spiro atoms. The third-order valence-corrected chi connectivity index (χ3v) is 5.31. The van der Waals surface area contributed by atoms with Crippen molar-refractivity contribution in [3.8, 4) is 0 Å². The summed E-state index contributed by atoms with van der Waals surface area (Å²) in [6.07, 6.45) is 0. The molecular formula is C14H21NOS. The van der Waals surface area contributed by atoms with Crippen LogP contribution in [-0.4, -0.2) is 18.8 Å². The van der Waals surface area contributed by atoms with Crippen molar-refractivity contribution in [2.75, 3.05) is 0 Å². The van der Waals surface area contributed by atoms with Gasteiger partial charge < -0.3 is 0 Å². The van der Waals surface area contributed by atoms with Gasteiger partial charge in [0, 0.05) is 5.54 Å². The van der Waals surface area contributed by atoms with Crippen LogP contribution in [0.1, 0.15) is 46.2 Å². The third-order valence-electron chi connectivity index (χ3n) is 3.22. The van der Waals surface area contributed by atoms with Crippen LogP contribution in [0.3, 0.4) is 0 Å². The predicted octanol–water partition coefficient (Wildman–Crippen LogP) is 3.28. The van der Waals surface area contributed by atoms with Crippen LogP contribution < -0.4 is 0 Å². The molecule has 0 saturated carbocycles. The summed E-state index contributed by atoms with van der Waals surface area (Å²) in [5, 5.41) is 0. The van der Waals surface area contributed by atoms with Crippen molar-refractivity contribution in [3.05, 3.63) is 35.9 Å². The van der Waals surface area contributed by atoms with Gasteiger partial charge in [0.25, 0.3) is 0 Å². The second-order valence-corrected chi connectivity index (χ2v) is 8.27. The van der Waals surface area contributed by atoms with Gasteiger partial charge in [-0.05, 0) is 40.2 Å². The molecule has 0 N–H and O–H groups in total. The molecule has 1 fully saturated rings. The minimum Gasteiger partial charge on any atom is -0.242 e. The Bertz CT molecular complexity index is 433. The van der Waals surface area contributed by atoms with Crippen LogP contribution in [0.4, 0.5) is 0 Å². The van der Waals surface area contributed by atoms with Crippen LogP contribution >= 0.6 is 0 Å². The van der Waals surface area contributed by atoms with Crippen LogP contribution in [-0.2, 0) is 11.0 Å². The molecule has 2 nitrogen and oxygen atoms in total. The lowest BCUT2D eigenvalue weighted by molar-refractivity contribution is 0.571. The minimum atomic E-state index is -0.945. The molecule has 0 radical (unpaired) electrons. The SMILES string of the molecule is CC1(C)[C@@H](c2ccccc2)N1S(=O)C(C)(C)C. The lowest BCUT2D eigenvalue weighted by atomic mass is 10.0. The summed E-state index contributed by atoms with van der Waals surface area (Å²) in [5.74, 6) is 0. The summed E-state index contributed by atoms with van der Waals surface area (Å²) < 4.78 is 14.4. The van der Waals surface area contributed by atoms with E-state index in [0.29, 0.717) is 0 Å². The number of benzene rings is 1. The summed E-state index contributed by atoms with van der Waals surface area (Å²) in [4.78, 5) is 0. The lowest BCUT2D eigenvalue weighted by Gasteiger charge is -2.19. The molecule has 1 saturated heterocycles. The van der Waals surface area contributed by atoms with Crippen molar-refractivity contribution >= 4 is 11.0 Å². The molecule has 3 atom stereocenters. The van der Waals surface area contributed by atoms with Crippen molar-refractivity contribution in [1.82, 2.24) is 4.31 Å². The van der Waals surface area contributed by atoms with Gasteiger partial charge in [0.1, 0.15) is 11.0 Å². The molecule has 17 heavy (non-hydrogen) atoms. The molecular weight excluding hydrogens is 230 g/mol. The molecule has 1 aliphatic heterocycles. The largest absolute Gasteiger partial charge is 0.242 e. The maximum atomic E-state index is 12.5. The van der Waals surface area contributed by atoms with E-state index in [4.69, 9.17) is 0 Å². The van der Waals surface area contributed by atoms with Crippen molar-refractivity contribution in [1.29, 1.82) is 0 Å². The Kier molecular flexibility index (Phi) is 2.95. The van der Waals surface area contributed by atoms with Crippen LogP contribution in [0.15, 0.2) is 30.3 Å². The molecule has 1 aromatic rings. The maximum Gasteiger partial charge on any atom is 0.101 e. The minimum absolute atomic E-state index is 0.000502. The normalized spacial score (nSPS) is 28.8. The lowest BCUT2D eigenvalue weighted by Crippen LogP contribution is -2.29. The van der Waals surface area contributed by atoms with Crippen molar-refractivity contribution < 1.29 is 4.21 Å². The van der Waals surface area contributed by atoms with Crippen LogP contribution in [0, 0.1) is 0 Å². The number of hydrogen-bond acceptors (Lipinski definition) is 1. The Morgan fingerprint density at radius 3 is 2.18 bits per heavy atom. The van der Waals surface area contributed by atoms with Gasteiger partial charge in [0.05, 0.1) is 10.8 Å². The zero-order chi connectivity index (χ0) is 12.8. The molecule has 94 valence electrons. The van der Waals surface area contributed by atoms with E-state index in [1.165, 1.54) is 5.56 Å². The number of hydrogen-bond donors (Lipinski definition) is 0. The van der Waals surface area contributed by atoms with Gasteiger partial charge in [-0.15, -0.1) is 0 Å². The van der Waals surface area contributed by atoms with Gasteiger partial charge in [0.15, 0.2) is 0 Å². The second-order valence-electron chi connectivity index (χ2n) is 6.15. The molecule has 2 rings (SSSR count). The standard InChI is InChI=1S/C14H21NOS/c1-13(2,3)17(16)15-12(14(15,4)5)11-9-7-6-8-10-11/h6-10,12H,1-5H3/t12-,15?,17?/m1/s1. The quantitative estimate of drug-likeness (QED) is 0.739. The molecule has 0 aromatic heterocycles. The van der Waals surface area contributed by atoms with Crippen LogP contribution in [0.25, 0.3) is 0 Å². The van der Waals surface area contributed by atoms with E-state index in [1.54, 1.807) is 0 Å². The van der Waals surface area contributed by atoms with E-state index in [1.807, 2.05) is 39.0 Å². The highest BCUT2D eigenvalue weighted by Crippen LogP contribution is 2.55. The molecule has 1 heterocycles. The van der Waals surface area contributed by atoms with Crippen molar-refractivity contribution in [2.45, 2.75) is 50.9 Å². The maximum absolute atomic E-state index is 12.5. The predicted molar refractivity (Wildman–Crippen MR) is 73.0 cm³/mol. The number of nitrogens with zero attached hydrogens (tertiary/aromatic N) is 1. The first-order chi connectivity index (χ1) is 7.76. The first kappa shape index (κ1) is 12.8. The van der Waals surface area contributed by atoms with Crippen LogP contribution in [0.2, 0.25) is 0 Å². The average molecular weight is 251 g/mol. The van der Waals surface area contributed by atoms with E-state index in [-0.39, 0.29) is 16.3 Å². The molecule has 0 bridgehead atoms. The van der Waals surface area contributed by atoms with Gasteiger partial charge >= 0.3 is 0 Å². The fraction of sp³-hybridized carbons (Fsp3) is 0.571. The van der Waals surface area contributed by atoms with E-state index in [9.17, 15) is 4.21 Å². The van der Waals surface area contributed by atoms with Gasteiger partial charge in [-0.25, -0.2) is 8.51 Å². The molecule has 0 aliphatic carbocycles. The zero-order valence-electron chi connectivity index (χ0n) is 11.2. The van der Waals surface area contributed by atoms with Crippen LogP contribution in [0.5, 0.6) is 0 Å². The highest BCUT2D eigenvalue weighted by atomic mass is 32.2. The van der Waals surface area contributed by atoms with E-state index >= 15 is 0 Å². The summed E-state index contributed by atoms with van der Waals surface area (Å²) >= 11 is 0. The fourth-order valence-corrected chi connectivity index (χ4v) is 3.88. The van der Waals surface area contributed by atoms with Gasteiger partial charge in [-0.2, -0.15) is 0 Å². The highest BCUT2D eigenvalue weighted by molar-refractivity contribution is 7.84. The van der Waals surface area contributed by atoms with Crippen molar-refractivity contribution in [2.24, 2.45) is 0 Å². The molecule has 1 aliphatic rings. The van der Waals surface area contributed by atoms with Crippen molar-refractivity contribution in [3.63, 3.8) is 0 Å². The van der Waals surface area contributed by atoms with E-state index in [2.05, 4.69) is 30.3 Å². The third kappa shape index (κ3) is 2.18. The Hall–Kier alpha value is -0.670. The zero-order valence-corrected chi connectivity index (χ0v) is 12.0. The second kappa shape index (κ2) is 3.92. The summed E-state index contributed by atoms with van der Waals surface area (Å²) in [7, 11) is -0.945.